The van der Waals surface area contributed by atoms with Crippen molar-refractivity contribution in [2.45, 2.75) is 46.7 Å². The molecule has 7 heteroatoms. The van der Waals surface area contributed by atoms with Gasteiger partial charge in [0.1, 0.15) is 5.82 Å². The van der Waals surface area contributed by atoms with E-state index in [0.29, 0.717) is 25.3 Å². The first-order valence-electron chi connectivity index (χ1n) is 11.4. The summed E-state index contributed by atoms with van der Waals surface area (Å²) in [6, 6.07) is 13.9. The quantitative estimate of drug-likeness (QED) is 0.667. The highest BCUT2D eigenvalue weighted by Gasteiger charge is 2.27. The number of pyridine rings is 1. The van der Waals surface area contributed by atoms with Crippen LogP contribution in [0.5, 0.6) is 0 Å². The SMILES string of the molecule is Cn1c(=O)n(CC(C)(C)C)c2ccc(N3CCCC(C(=O)NCc4ccccc4)C3)nc21. The van der Waals surface area contributed by atoms with Crippen LogP contribution in [0.1, 0.15) is 39.2 Å². The van der Waals surface area contributed by atoms with E-state index in [1.54, 1.807) is 11.6 Å². The molecule has 0 bridgehead atoms. The molecule has 7 nitrogen and oxygen atoms in total. The van der Waals surface area contributed by atoms with Gasteiger partial charge >= 0.3 is 5.69 Å². The molecule has 0 spiro atoms. The number of aromatic nitrogens is 3. The van der Waals surface area contributed by atoms with Gasteiger partial charge in [0.2, 0.25) is 5.91 Å². The van der Waals surface area contributed by atoms with E-state index < -0.39 is 0 Å². The molecule has 2 aromatic heterocycles. The van der Waals surface area contributed by atoms with Gasteiger partial charge in [0.25, 0.3) is 0 Å². The van der Waals surface area contributed by atoms with E-state index in [2.05, 4.69) is 31.0 Å². The van der Waals surface area contributed by atoms with Crippen LogP contribution in [-0.4, -0.2) is 33.1 Å². The molecule has 1 aromatic carbocycles. The van der Waals surface area contributed by atoms with Gasteiger partial charge in [-0.15, -0.1) is 0 Å². The minimum absolute atomic E-state index is 0.00994. The van der Waals surface area contributed by atoms with Crippen molar-refractivity contribution in [3.8, 4) is 0 Å². The minimum Gasteiger partial charge on any atom is -0.356 e. The summed E-state index contributed by atoms with van der Waals surface area (Å²) in [5.74, 6) is 0.837. The van der Waals surface area contributed by atoms with Crippen molar-refractivity contribution in [3.63, 3.8) is 0 Å². The average molecular weight is 436 g/mol. The zero-order chi connectivity index (χ0) is 22.9. The number of aryl methyl sites for hydroxylation is 1. The molecule has 32 heavy (non-hydrogen) atoms. The molecule has 3 heterocycles. The molecular weight excluding hydrogens is 402 g/mol. The van der Waals surface area contributed by atoms with E-state index in [1.807, 2.05) is 47.0 Å². The van der Waals surface area contributed by atoms with Crippen LogP contribution in [0.15, 0.2) is 47.3 Å². The Morgan fingerprint density at radius 2 is 1.91 bits per heavy atom. The molecule has 0 radical (unpaired) electrons. The van der Waals surface area contributed by atoms with Gasteiger partial charge in [0, 0.05) is 33.2 Å². The molecule has 170 valence electrons. The van der Waals surface area contributed by atoms with Crippen molar-refractivity contribution >= 4 is 22.9 Å². The van der Waals surface area contributed by atoms with Crippen molar-refractivity contribution in [1.82, 2.24) is 19.4 Å². The van der Waals surface area contributed by atoms with Crippen LogP contribution in [-0.2, 0) is 24.9 Å². The largest absolute Gasteiger partial charge is 0.356 e. The van der Waals surface area contributed by atoms with Crippen LogP contribution in [0.3, 0.4) is 0 Å². The van der Waals surface area contributed by atoms with Gasteiger partial charge in [-0.3, -0.25) is 13.9 Å². The second-order valence-corrected chi connectivity index (χ2v) is 9.99. The lowest BCUT2D eigenvalue weighted by Crippen LogP contribution is -2.43. The number of amides is 1. The highest BCUT2D eigenvalue weighted by molar-refractivity contribution is 5.80. The summed E-state index contributed by atoms with van der Waals surface area (Å²) >= 11 is 0. The Hall–Kier alpha value is -3.09. The minimum atomic E-state index is -0.0701. The Kier molecular flexibility index (Phi) is 6.09. The summed E-state index contributed by atoms with van der Waals surface area (Å²) in [5, 5.41) is 3.08. The van der Waals surface area contributed by atoms with E-state index in [-0.39, 0.29) is 22.9 Å². The molecule has 1 amide bonds. The molecule has 0 saturated carbocycles. The van der Waals surface area contributed by atoms with Crippen LogP contribution in [0.25, 0.3) is 11.2 Å². The average Bonchev–Trinajstić information content (AvgIpc) is 3.01. The third kappa shape index (κ3) is 4.71. The Balaban J connectivity index is 1.50. The van der Waals surface area contributed by atoms with E-state index in [0.717, 1.165) is 36.3 Å². The number of carbonyl (C=O) groups is 1. The number of imidazole rings is 1. The number of fused-ring (bicyclic) bond motifs is 1. The van der Waals surface area contributed by atoms with Gasteiger partial charge in [-0.2, -0.15) is 0 Å². The molecule has 1 saturated heterocycles. The van der Waals surface area contributed by atoms with Crippen LogP contribution in [0.4, 0.5) is 5.82 Å². The second kappa shape index (κ2) is 8.81. The fourth-order valence-electron chi connectivity index (χ4n) is 4.40. The lowest BCUT2D eigenvalue weighted by molar-refractivity contribution is -0.125. The topological polar surface area (TPSA) is 72.2 Å². The first-order valence-corrected chi connectivity index (χ1v) is 11.4. The monoisotopic (exact) mass is 435 g/mol. The maximum Gasteiger partial charge on any atom is 0.330 e. The predicted octanol–water partition coefficient (Wildman–Crippen LogP) is 3.31. The molecule has 1 atom stereocenters. The normalized spacial score (nSPS) is 17.0. The standard InChI is InChI=1S/C25H33N5O2/c1-25(2,3)17-30-20-12-13-21(27-22(20)28(4)24(30)32)29-14-8-11-19(16-29)23(31)26-15-18-9-6-5-7-10-18/h5-7,9-10,12-13,19H,8,11,14-17H2,1-4H3,(H,26,31). The fourth-order valence-corrected chi connectivity index (χ4v) is 4.40. The van der Waals surface area contributed by atoms with Crippen LogP contribution in [0.2, 0.25) is 0 Å². The number of nitrogens with zero attached hydrogens (tertiary/aromatic N) is 4. The highest BCUT2D eigenvalue weighted by atomic mass is 16.2. The number of hydrogen-bond donors (Lipinski definition) is 1. The zero-order valence-corrected chi connectivity index (χ0v) is 19.5. The van der Waals surface area contributed by atoms with Gasteiger partial charge in [0.15, 0.2) is 5.65 Å². The number of carbonyl (C=O) groups excluding carboxylic acids is 1. The van der Waals surface area contributed by atoms with Crippen molar-refractivity contribution < 1.29 is 4.79 Å². The lowest BCUT2D eigenvalue weighted by atomic mass is 9.96. The number of rotatable bonds is 5. The number of hydrogen-bond acceptors (Lipinski definition) is 4. The predicted molar refractivity (Wildman–Crippen MR) is 128 cm³/mol. The maximum atomic E-state index is 12.8. The summed E-state index contributed by atoms with van der Waals surface area (Å²) in [5.41, 5.74) is 2.58. The first kappa shape index (κ1) is 22.1. The summed E-state index contributed by atoms with van der Waals surface area (Å²) in [6.07, 6.45) is 1.81. The van der Waals surface area contributed by atoms with E-state index in [4.69, 9.17) is 4.98 Å². The summed E-state index contributed by atoms with van der Waals surface area (Å²) < 4.78 is 3.43. The van der Waals surface area contributed by atoms with Crippen molar-refractivity contribution in [2.75, 3.05) is 18.0 Å². The Morgan fingerprint density at radius 1 is 1.16 bits per heavy atom. The number of benzene rings is 1. The first-order chi connectivity index (χ1) is 15.2. The van der Waals surface area contributed by atoms with Gasteiger partial charge < -0.3 is 10.2 Å². The van der Waals surface area contributed by atoms with Crippen LogP contribution < -0.4 is 15.9 Å². The summed E-state index contributed by atoms with van der Waals surface area (Å²) in [6.45, 7) is 9.04. The fraction of sp³-hybridized carbons (Fsp3) is 0.480. The van der Waals surface area contributed by atoms with Crippen LogP contribution in [0, 0.1) is 11.3 Å². The van der Waals surface area contributed by atoms with Gasteiger partial charge in [-0.1, -0.05) is 51.1 Å². The summed E-state index contributed by atoms with van der Waals surface area (Å²) in [7, 11) is 1.77. The Bertz CT molecular complexity index is 1160. The molecule has 1 unspecified atom stereocenters. The van der Waals surface area contributed by atoms with Gasteiger partial charge in [-0.05, 0) is 36.0 Å². The molecule has 1 aliphatic heterocycles. The molecule has 3 aromatic rings. The van der Waals surface area contributed by atoms with Gasteiger partial charge in [0.05, 0.1) is 11.4 Å². The zero-order valence-electron chi connectivity index (χ0n) is 19.5. The summed E-state index contributed by atoms with van der Waals surface area (Å²) in [4.78, 5) is 32.6. The maximum absolute atomic E-state index is 12.8. The highest BCUT2D eigenvalue weighted by Crippen LogP contribution is 2.25. The van der Waals surface area contributed by atoms with Crippen molar-refractivity contribution in [3.05, 3.63) is 58.5 Å². The third-order valence-electron chi connectivity index (χ3n) is 6.02. The Labute approximate surface area is 189 Å². The molecule has 4 rings (SSSR count). The van der Waals surface area contributed by atoms with E-state index >= 15 is 0 Å². The lowest BCUT2D eigenvalue weighted by Gasteiger charge is -2.33. The molecular formula is C25H33N5O2. The number of nitrogens with one attached hydrogen (secondary N) is 1. The van der Waals surface area contributed by atoms with Crippen molar-refractivity contribution in [1.29, 1.82) is 0 Å². The molecule has 0 aliphatic carbocycles. The number of piperidine rings is 1. The van der Waals surface area contributed by atoms with E-state index in [1.165, 1.54) is 0 Å². The molecule has 1 N–H and O–H groups in total. The van der Waals surface area contributed by atoms with Crippen LogP contribution >= 0.6 is 0 Å². The van der Waals surface area contributed by atoms with E-state index in [9.17, 15) is 9.59 Å². The molecule has 1 aliphatic rings. The van der Waals surface area contributed by atoms with Gasteiger partial charge in [-0.25, -0.2) is 9.78 Å². The Morgan fingerprint density at radius 3 is 2.62 bits per heavy atom. The second-order valence-electron chi connectivity index (χ2n) is 9.99. The number of anilines is 1. The third-order valence-corrected chi connectivity index (χ3v) is 6.02. The molecule has 1 fully saturated rings. The smallest absolute Gasteiger partial charge is 0.330 e. The van der Waals surface area contributed by atoms with Crippen molar-refractivity contribution in [2.24, 2.45) is 18.4 Å².